The Kier molecular flexibility index (Phi) is 9.54. The van der Waals surface area contributed by atoms with Crippen LogP contribution in [0.3, 0.4) is 0 Å². The number of ether oxygens (including phenoxy) is 5. The highest BCUT2D eigenvalue weighted by molar-refractivity contribution is 4.96. The van der Waals surface area contributed by atoms with Gasteiger partial charge in [0.15, 0.2) is 18.9 Å². The SMILES string of the molecule is OC[C@H]1O[C@H](O[C@@H]2[C@@H](O)[C@@H](O[C@@H]3[C@@H](O)[C@H](O)[C@@H](CO)O[C@@H]3O)O[C@H](CO)[C@H]2O)[C@H](O)[C@@H](O)[C@@H]1O. The van der Waals surface area contributed by atoms with Gasteiger partial charge in [0.25, 0.3) is 0 Å². The van der Waals surface area contributed by atoms with Crippen LogP contribution >= 0.6 is 0 Å². The van der Waals surface area contributed by atoms with Gasteiger partial charge in [-0.15, -0.1) is 0 Å². The summed E-state index contributed by atoms with van der Waals surface area (Å²) in [4.78, 5) is 0. The maximum absolute atomic E-state index is 10.7. The van der Waals surface area contributed by atoms with Crippen molar-refractivity contribution in [2.24, 2.45) is 0 Å². The molecule has 0 aromatic carbocycles. The molecule has 0 amide bonds. The lowest BCUT2D eigenvalue weighted by atomic mass is 9.96. The number of hydrogen-bond donors (Lipinski definition) is 11. The van der Waals surface area contributed by atoms with Gasteiger partial charge < -0.3 is 79.9 Å². The third-order valence-corrected chi connectivity index (χ3v) is 6.10. The molecule has 0 saturated carbocycles. The first-order chi connectivity index (χ1) is 16.0. The van der Waals surface area contributed by atoms with E-state index in [0.717, 1.165) is 0 Å². The first-order valence-corrected chi connectivity index (χ1v) is 10.6. The van der Waals surface area contributed by atoms with Crippen LogP contribution in [0.2, 0.25) is 0 Å². The molecule has 200 valence electrons. The summed E-state index contributed by atoms with van der Waals surface area (Å²) in [5.74, 6) is 0. The van der Waals surface area contributed by atoms with E-state index in [2.05, 4.69) is 0 Å². The topological polar surface area (TPSA) is 269 Å². The van der Waals surface area contributed by atoms with E-state index in [9.17, 15) is 51.1 Å². The van der Waals surface area contributed by atoms with Crippen LogP contribution in [-0.4, -0.2) is 168 Å². The van der Waals surface area contributed by atoms with Gasteiger partial charge in [-0.3, -0.25) is 0 Å². The number of hydrogen-bond acceptors (Lipinski definition) is 16. The van der Waals surface area contributed by atoms with Gasteiger partial charge in [0, 0.05) is 0 Å². The Hall–Kier alpha value is -0.640. The van der Waals surface area contributed by atoms with Crippen molar-refractivity contribution in [3.63, 3.8) is 0 Å². The molecule has 15 atom stereocenters. The van der Waals surface area contributed by atoms with Gasteiger partial charge in [-0.2, -0.15) is 0 Å². The predicted octanol–water partition coefficient (Wildman–Crippen LogP) is -7.57. The van der Waals surface area contributed by atoms with Crippen molar-refractivity contribution < 1.29 is 79.9 Å². The van der Waals surface area contributed by atoms with Gasteiger partial charge in [-0.25, -0.2) is 0 Å². The standard InChI is InChI=1S/C18H32O16/c19-1-4-8(23)11(26)15(16(29)30-4)34-18-13(28)14(9(24)6(3-21)32-18)33-17-12(27)10(25)7(22)5(2-20)31-17/h4-29H,1-3H2/t4-,5-,6-,7-,8-,9-,10+,11+,12-,13-,14+,15-,16+,17-,18-/m1/s1. The zero-order chi connectivity index (χ0) is 25.3. The maximum Gasteiger partial charge on any atom is 0.187 e. The summed E-state index contributed by atoms with van der Waals surface area (Å²) in [6, 6.07) is 0. The second-order valence-electron chi connectivity index (χ2n) is 8.33. The third kappa shape index (κ3) is 5.37. The van der Waals surface area contributed by atoms with E-state index >= 15 is 0 Å². The van der Waals surface area contributed by atoms with E-state index in [4.69, 9.17) is 28.8 Å². The molecule has 16 heteroatoms. The Morgan fingerprint density at radius 1 is 0.441 bits per heavy atom. The number of aliphatic hydroxyl groups is 11. The second kappa shape index (κ2) is 11.6. The molecule has 0 aromatic heterocycles. The quantitative estimate of drug-likeness (QED) is 0.154. The molecular formula is C18H32O16. The van der Waals surface area contributed by atoms with Crippen molar-refractivity contribution in [1.29, 1.82) is 0 Å². The van der Waals surface area contributed by atoms with Gasteiger partial charge in [0.1, 0.15) is 73.2 Å². The zero-order valence-corrected chi connectivity index (χ0v) is 17.7. The smallest absolute Gasteiger partial charge is 0.187 e. The number of aliphatic hydroxyl groups excluding tert-OH is 11. The van der Waals surface area contributed by atoms with Gasteiger partial charge >= 0.3 is 0 Å². The highest BCUT2D eigenvalue weighted by Gasteiger charge is 2.53. The predicted molar refractivity (Wildman–Crippen MR) is 101 cm³/mol. The van der Waals surface area contributed by atoms with Crippen LogP contribution in [0.1, 0.15) is 0 Å². The molecule has 0 spiro atoms. The second-order valence-corrected chi connectivity index (χ2v) is 8.33. The molecule has 3 aliphatic rings. The summed E-state index contributed by atoms with van der Waals surface area (Å²) in [5.41, 5.74) is 0. The van der Waals surface area contributed by atoms with E-state index in [1.54, 1.807) is 0 Å². The van der Waals surface area contributed by atoms with Crippen LogP contribution in [0.15, 0.2) is 0 Å². The number of rotatable bonds is 7. The van der Waals surface area contributed by atoms with E-state index in [1.807, 2.05) is 0 Å². The lowest BCUT2D eigenvalue weighted by Crippen LogP contribution is -2.66. The van der Waals surface area contributed by atoms with E-state index in [1.165, 1.54) is 0 Å². The summed E-state index contributed by atoms with van der Waals surface area (Å²) in [7, 11) is 0. The minimum absolute atomic E-state index is 0.724. The van der Waals surface area contributed by atoms with Crippen molar-refractivity contribution in [3.05, 3.63) is 0 Å². The fourth-order valence-corrected chi connectivity index (χ4v) is 4.03. The molecule has 0 aromatic rings. The highest BCUT2D eigenvalue weighted by Crippen LogP contribution is 2.32. The summed E-state index contributed by atoms with van der Waals surface area (Å²) >= 11 is 0. The van der Waals surface area contributed by atoms with Crippen molar-refractivity contribution in [3.8, 4) is 0 Å². The molecule has 34 heavy (non-hydrogen) atoms. The maximum atomic E-state index is 10.7. The van der Waals surface area contributed by atoms with E-state index < -0.39 is 112 Å². The minimum Gasteiger partial charge on any atom is -0.394 e. The molecule has 16 nitrogen and oxygen atoms in total. The van der Waals surface area contributed by atoms with E-state index in [-0.39, 0.29) is 0 Å². The lowest BCUT2D eigenvalue weighted by molar-refractivity contribution is -0.382. The molecule has 3 aliphatic heterocycles. The normalized spacial score (nSPS) is 52.5. The molecule has 0 bridgehead atoms. The fraction of sp³-hybridized carbons (Fsp3) is 1.00. The first-order valence-electron chi connectivity index (χ1n) is 10.6. The molecule has 0 unspecified atom stereocenters. The minimum atomic E-state index is -1.92. The summed E-state index contributed by atoms with van der Waals surface area (Å²) in [6.45, 7) is -2.30. The lowest BCUT2D eigenvalue weighted by Gasteiger charge is -2.47. The van der Waals surface area contributed by atoms with Crippen molar-refractivity contribution in [1.82, 2.24) is 0 Å². The van der Waals surface area contributed by atoms with Gasteiger partial charge in [-0.1, -0.05) is 0 Å². The molecule has 3 saturated heterocycles. The largest absolute Gasteiger partial charge is 0.394 e. The Labute approximate surface area is 192 Å². The zero-order valence-electron chi connectivity index (χ0n) is 17.7. The van der Waals surface area contributed by atoms with Gasteiger partial charge in [0.05, 0.1) is 19.8 Å². The van der Waals surface area contributed by atoms with Gasteiger partial charge in [0.2, 0.25) is 0 Å². The van der Waals surface area contributed by atoms with Crippen LogP contribution in [0.25, 0.3) is 0 Å². The van der Waals surface area contributed by atoms with Crippen molar-refractivity contribution in [2.45, 2.75) is 92.1 Å². The van der Waals surface area contributed by atoms with E-state index in [0.29, 0.717) is 0 Å². The fourth-order valence-electron chi connectivity index (χ4n) is 4.03. The summed E-state index contributed by atoms with van der Waals surface area (Å²) in [6.07, 6.45) is -25.5. The van der Waals surface area contributed by atoms with Crippen LogP contribution in [0.5, 0.6) is 0 Å². The third-order valence-electron chi connectivity index (χ3n) is 6.10. The molecule has 3 rings (SSSR count). The van der Waals surface area contributed by atoms with Crippen LogP contribution in [0, 0.1) is 0 Å². The molecule has 0 radical (unpaired) electrons. The van der Waals surface area contributed by atoms with Crippen LogP contribution in [0.4, 0.5) is 0 Å². The molecule has 0 aliphatic carbocycles. The molecule has 3 fully saturated rings. The molecular weight excluding hydrogens is 472 g/mol. The van der Waals surface area contributed by atoms with Gasteiger partial charge in [-0.05, 0) is 0 Å². The first kappa shape index (κ1) is 27.9. The highest BCUT2D eigenvalue weighted by atomic mass is 16.8. The Bertz CT molecular complexity index is 639. The van der Waals surface area contributed by atoms with Crippen molar-refractivity contribution in [2.75, 3.05) is 19.8 Å². The average molecular weight is 504 g/mol. The van der Waals surface area contributed by atoms with Crippen LogP contribution < -0.4 is 0 Å². The Balaban J connectivity index is 1.76. The average Bonchev–Trinajstić information content (AvgIpc) is 2.82. The van der Waals surface area contributed by atoms with Crippen LogP contribution in [-0.2, 0) is 23.7 Å². The Morgan fingerprint density at radius 2 is 0.882 bits per heavy atom. The Morgan fingerprint density at radius 3 is 1.44 bits per heavy atom. The molecule has 3 heterocycles. The van der Waals surface area contributed by atoms with Crippen molar-refractivity contribution >= 4 is 0 Å². The summed E-state index contributed by atoms with van der Waals surface area (Å²) in [5, 5.41) is 110. The summed E-state index contributed by atoms with van der Waals surface area (Å²) < 4.78 is 26.2. The monoisotopic (exact) mass is 504 g/mol. The molecule has 11 N–H and O–H groups in total.